The number of alkyl halides is 3. The number of imidazole rings is 1. The van der Waals surface area contributed by atoms with Crippen LogP contribution in [0.2, 0.25) is 0 Å². The van der Waals surface area contributed by atoms with Gasteiger partial charge in [0.15, 0.2) is 11.5 Å². The van der Waals surface area contributed by atoms with Crippen LogP contribution < -0.4 is 10.1 Å². The molecule has 142 valence electrons. The van der Waals surface area contributed by atoms with E-state index in [0.29, 0.717) is 17.3 Å². The maximum atomic E-state index is 13.5. The predicted octanol–water partition coefficient (Wildman–Crippen LogP) is 4.56. The summed E-state index contributed by atoms with van der Waals surface area (Å²) in [5.74, 6) is 0.966. The number of ether oxygens (including phenoxy) is 1. The van der Waals surface area contributed by atoms with Crippen LogP contribution in [-0.4, -0.2) is 26.5 Å². The number of pyridine rings is 1. The molecule has 3 heterocycles. The minimum atomic E-state index is -4.63. The highest BCUT2D eigenvalue weighted by molar-refractivity contribution is 5.65. The molecule has 4 aromatic rings. The van der Waals surface area contributed by atoms with Gasteiger partial charge in [0.2, 0.25) is 0 Å². The number of hydrogen-bond donors (Lipinski definition) is 1. The largest absolute Gasteiger partial charge is 0.497 e. The molecule has 4 rings (SSSR count). The van der Waals surface area contributed by atoms with Crippen molar-refractivity contribution in [2.45, 2.75) is 6.18 Å². The number of aromatic nitrogens is 4. The zero-order valence-electron chi connectivity index (χ0n) is 14.6. The molecular weight excluding hydrogens is 371 g/mol. The number of nitrogens with zero attached hydrogens (tertiary/aromatic N) is 4. The Balaban J connectivity index is 1.77. The summed E-state index contributed by atoms with van der Waals surface area (Å²) in [4.78, 5) is 12.0. The van der Waals surface area contributed by atoms with E-state index < -0.39 is 11.9 Å². The van der Waals surface area contributed by atoms with E-state index in [-0.39, 0.29) is 17.2 Å². The highest BCUT2D eigenvalue weighted by Gasteiger charge is 2.39. The number of nitrogens with one attached hydrogen (secondary N) is 1. The third-order valence-electron chi connectivity index (χ3n) is 4.03. The van der Waals surface area contributed by atoms with Crippen molar-refractivity contribution in [2.24, 2.45) is 0 Å². The summed E-state index contributed by atoms with van der Waals surface area (Å²) >= 11 is 0. The number of anilines is 2. The summed E-state index contributed by atoms with van der Waals surface area (Å²) in [5, 5.41) is 3.05. The SMILES string of the molecule is COc1ccc(Nc2ccnc(-c3c(C(F)(F)F)nc4ccccn34)n2)cc1. The van der Waals surface area contributed by atoms with Gasteiger partial charge in [-0.2, -0.15) is 13.2 Å². The molecule has 0 radical (unpaired) electrons. The minimum Gasteiger partial charge on any atom is -0.497 e. The second-order valence-electron chi connectivity index (χ2n) is 5.85. The number of hydrogen-bond acceptors (Lipinski definition) is 5. The molecule has 0 saturated carbocycles. The van der Waals surface area contributed by atoms with Gasteiger partial charge in [0, 0.05) is 18.1 Å². The number of halogens is 3. The molecule has 6 nitrogen and oxygen atoms in total. The highest BCUT2D eigenvalue weighted by atomic mass is 19.4. The maximum Gasteiger partial charge on any atom is 0.435 e. The predicted molar refractivity (Wildman–Crippen MR) is 97.5 cm³/mol. The molecule has 0 fully saturated rings. The van der Waals surface area contributed by atoms with Gasteiger partial charge in [-0.3, -0.25) is 4.40 Å². The van der Waals surface area contributed by atoms with Crippen molar-refractivity contribution < 1.29 is 17.9 Å². The van der Waals surface area contributed by atoms with E-state index in [1.54, 1.807) is 49.6 Å². The topological polar surface area (TPSA) is 64.3 Å². The fourth-order valence-corrected chi connectivity index (χ4v) is 2.77. The third kappa shape index (κ3) is 3.34. The van der Waals surface area contributed by atoms with Gasteiger partial charge in [-0.05, 0) is 42.5 Å². The van der Waals surface area contributed by atoms with Gasteiger partial charge in [-0.15, -0.1) is 0 Å². The summed E-state index contributed by atoms with van der Waals surface area (Å²) in [5.41, 5.74) is -0.358. The van der Waals surface area contributed by atoms with Crippen LogP contribution in [0.3, 0.4) is 0 Å². The molecule has 9 heteroatoms. The van der Waals surface area contributed by atoms with Crippen molar-refractivity contribution in [1.29, 1.82) is 0 Å². The lowest BCUT2D eigenvalue weighted by Crippen LogP contribution is -2.09. The van der Waals surface area contributed by atoms with E-state index in [1.807, 2.05) is 0 Å². The van der Waals surface area contributed by atoms with Crippen LogP contribution in [0, 0.1) is 0 Å². The van der Waals surface area contributed by atoms with Crippen LogP contribution >= 0.6 is 0 Å². The van der Waals surface area contributed by atoms with Crippen LogP contribution in [0.25, 0.3) is 17.2 Å². The fourth-order valence-electron chi connectivity index (χ4n) is 2.77. The first kappa shape index (κ1) is 17.8. The lowest BCUT2D eigenvalue weighted by atomic mass is 10.3. The molecule has 0 aliphatic heterocycles. The average Bonchev–Trinajstić information content (AvgIpc) is 3.09. The monoisotopic (exact) mass is 385 g/mol. The second kappa shape index (κ2) is 6.84. The van der Waals surface area contributed by atoms with E-state index in [9.17, 15) is 13.2 Å². The summed E-state index contributed by atoms with van der Waals surface area (Å²) in [6.45, 7) is 0. The lowest BCUT2D eigenvalue weighted by molar-refractivity contribution is -0.140. The Hall–Kier alpha value is -3.62. The number of rotatable bonds is 4. The Morgan fingerprint density at radius 1 is 1.00 bits per heavy atom. The van der Waals surface area contributed by atoms with Crippen LogP contribution in [0.4, 0.5) is 24.7 Å². The summed E-state index contributed by atoms with van der Waals surface area (Å²) < 4.78 is 47.0. The molecule has 1 aromatic carbocycles. The Morgan fingerprint density at radius 2 is 1.79 bits per heavy atom. The lowest BCUT2D eigenvalue weighted by Gasteiger charge is -2.10. The molecule has 0 saturated heterocycles. The van der Waals surface area contributed by atoms with Crippen molar-refractivity contribution in [3.8, 4) is 17.3 Å². The van der Waals surface area contributed by atoms with E-state index in [0.717, 1.165) is 0 Å². The van der Waals surface area contributed by atoms with Crippen molar-refractivity contribution in [1.82, 2.24) is 19.4 Å². The van der Waals surface area contributed by atoms with Gasteiger partial charge in [0.25, 0.3) is 0 Å². The van der Waals surface area contributed by atoms with Crippen LogP contribution in [0.5, 0.6) is 5.75 Å². The van der Waals surface area contributed by atoms with Crippen LogP contribution in [-0.2, 0) is 6.18 Å². The first-order chi connectivity index (χ1) is 13.5. The maximum absolute atomic E-state index is 13.5. The van der Waals surface area contributed by atoms with Gasteiger partial charge in [0.05, 0.1) is 7.11 Å². The quantitative estimate of drug-likeness (QED) is 0.558. The van der Waals surface area contributed by atoms with Crippen molar-refractivity contribution in [3.63, 3.8) is 0 Å². The second-order valence-corrected chi connectivity index (χ2v) is 5.85. The molecule has 1 N–H and O–H groups in total. The molecule has 0 aliphatic carbocycles. The zero-order chi connectivity index (χ0) is 19.7. The molecule has 0 aliphatic rings. The Labute approximate surface area is 157 Å². The summed E-state index contributed by atoms with van der Waals surface area (Å²) in [6, 6.07) is 13.4. The zero-order valence-corrected chi connectivity index (χ0v) is 14.6. The van der Waals surface area contributed by atoms with Gasteiger partial charge in [0.1, 0.15) is 22.9 Å². The summed E-state index contributed by atoms with van der Waals surface area (Å²) in [6.07, 6.45) is -1.74. The Kier molecular flexibility index (Phi) is 4.34. The first-order valence-electron chi connectivity index (χ1n) is 8.24. The first-order valence-corrected chi connectivity index (χ1v) is 8.24. The van der Waals surface area contributed by atoms with E-state index in [1.165, 1.54) is 22.9 Å². The molecule has 0 unspecified atom stereocenters. The number of methoxy groups -OCH3 is 1. The average molecular weight is 385 g/mol. The van der Waals surface area contributed by atoms with Gasteiger partial charge in [-0.25, -0.2) is 15.0 Å². The van der Waals surface area contributed by atoms with Crippen molar-refractivity contribution >= 4 is 17.2 Å². The van der Waals surface area contributed by atoms with E-state index in [4.69, 9.17) is 4.74 Å². The van der Waals surface area contributed by atoms with Gasteiger partial charge in [-0.1, -0.05) is 6.07 Å². The van der Waals surface area contributed by atoms with Crippen LogP contribution in [0.1, 0.15) is 5.69 Å². The molecule has 28 heavy (non-hydrogen) atoms. The number of benzene rings is 1. The smallest absolute Gasteiger partial charge is 0.435 e. The molecule has 0 atom stereocenters. The standard InChI is InChI=1S/C19H14F3N5O/c1-28-13-7-5-12(6-8-13)24-14-9-10-23-18(25-14)16-17(19(20,21)22)26-15-4-2-3-11-27(15)16/h2-11H,1H3,(H,23,24,25). The Morgan fingerprint density at radius 3 is 2.50 bits per heavy atom. The van der Waals surface area contributed by atoms with E-state index in [2.05, 4.69) is 20.3 Å². The molecule has 0 amide bonds. The third-order valence-corrected chi connectivity index (χ3v) is 4.03. The van der Waals surface area contributed by atoms with E-state index >= 15 is 0 Å². The van der Waals surface area contributed by atoms with Crippen molar-refractivity contribution in [3.05, 3.63) is 66.6 Å². The van der Waals surface area contributed by atoms with Gasteiger partial charge >= 0.3 is 6.18 Å². The Bertz CT molecular complexity index is 1120. The molecule has 3 aromatic heterocycles. The normalized spacial score (nSPS) is 11.6. The summed E-state index contributed by atoms with van der Waals surface area (Å²) in [7, 11) is 1.56. The molecule has 0 spiro atoms. The molecule has 0 bridgehead atoms. The van der Waals surface area contributed by atoms with Crippen molar-refractivity contribution in [2.75, 3.05) is 12.4 Å². The van der Waals surface area contributed by atoms with Crippen LogP contribution in [0.15, 0.2) is 60.9 Å². The minimum absolute atomic E-state index is 0.0791. The van der Waals surface area contributed by atoms with Gasteiger partial charge < -0.3 is 10.1 Å². The number of fused-ring (bicyclic) bond motifs is 1. The molecular formula is C19H14F3N5O. The highest BCUT2D eigenvalue weighted by Crippen LogP contribution is 2.36. The fraction of sp³-hybridized carbons (Fsp3) is 0.105.